The molecule has 0 aliphatic heterocycles. The number of phenolic OH excluding ortho intramolecular Hbond substituents is 1. The van der Waals surface area contributed by atoms with Crippen molar-refractivity contribution in [1.82, 2.24) is 0 Å². The van der Waals surface area contributed by atoms with Gasteiger partial charge in [0.1, 0.15) is 0 Å². The van der Waals surface area contributed by atoms with Crippen LogP contribution >= 0.6 is 0 Å². The lowest BCUT2D eigenvalue weighted by Gasteiger charge is -2.20. The van der Waals surface area contributed by atoms with Crippen molar-refractivity contribution < 1.29 is 28.5 Å². The lowest BCUT2D eigenvalue weighted by molar-refractivity contribution is -0.146. The highest BCUT2D eigenvalue weighted by molar-refractivity contribution is 5.74. The summed E-state index contributed by atoms with van der Waals surface area (Å²) in [5, 5.41) is 18.7. The minimum absolute atomic E-state index is 0.231. The molecule has 4 nitrogen and oxygen atoms in total. The van der Waals surface area contributed by atoms with Crippen LogP contribution in [0.3, 0.4) is 0 Å². The summed E-state index contributed by atoms with van der Waals surface area (Å²) in [6.45, 7) is 2.71. The van der Waals surface area contributed by atoms with Crippen LogP contribution in [0.4, 0.5) is 8.78 Å². The zero-order chi connectivity index (χ0) is 14.1. The van der Waals surface area contributed by atoms with E-state index in [9.17, 15) is 18.7 Å². The maximum absolute atomic E-state index is 13.6. The first-order valence-electron chi connectivity index (χ1n) is 5.18. The third kappa shape index (κ3) is 2.52. The van der Waals surface area contributed by atoms with Gasteiger partial charge in [0.05, 0.1) is 12.5 Å². The largest absolute Gasteiger partial charge is 0.504 e. The molecule has 1 aromatic rings. The van der Waals surface area contributed by atoms with Crippen molar-refractivity contribution in [3.63, 3.8) is 0 Å². The molecule has 0 atom stereocenters. The normalized spacial score (nSPS) is 11.4. The summed E-state index contributed by atoms with van der Waals surface area (Å²) in [5.74, 6) is -4.44. The van der Waals surface area contributed by atoms with Crippen molar-refractivity contribution in [2.45, 2.75) is 20.3 Å². The fourth-order valence-electron chi connectivity index (χ4n) is 1.48. The summed E-state index contributed by atoms with van der Waals surface area (Å²) in [5.41, 5.74) is -1.74. The van der Waals surface area contributed by atoms with Crippen LogP contribution in [0, 0.1) is 17.0 Å². The number of carboxylic acid groups (broad SMARTS) is 1. The van der Waals surface area contributed by atoms with Crippen LogP contribution in [0.5, 0.6) is 11.5 Å². The van der Waals surface area contributed by atoms with Crippen molar-refractivity contribution in [2.75, 3.05) is 7.11 Å². The van der Waals surface area contributed by atoms with Gasteiger partial charge in [0, 0.05) is 11.6 Å². The maximum atomic E-state index is 13.6. The van der Waals surface area contributed by atoms with Gasteiger partial charge in [-0.2, -0.15) is 0 Å². The molecular weight excluding hydrogens is 246 g/mol. The van der Waals surface area contributed by atoms with E-state index < -0.39 is 34.3 Å². The number of methoxy groups -OCH3 is 1. The Labute approximate surface area is 103 Å². The summed E-state index contributed by atoms with van der Waals surface area (Å²) in [6, 6.07) is 0.710. The molecule has 0 aliphatic carbocycles. The van der Waals surface area contributed by atoms with E-state index in [1.54, 1.807) is 0 Å². The number of aromatic hydroxyl groups is 1. The average Bonchev–Trinajstić information content (AvgIpc) is 2.29. The fourth-order valence-corrected chi connectivity index (χ4v) is 1.48. The first-order valence-corrected chi connectivity index (χ1v) is 5.18. The summed E-state index contributed by atoms with van der Waals surface area (Å²) in [6.07, 6.45) is -0.353. The number of hydrogen-bond donors (Lipinski definition) is 2. The Hall–Kier alpha value is -1.85. The Bertz CT molecular complexity index is 483. The van der Waals surface area contributed by atoms with E-state index in [1.165, 1.54) is 21.0 Å². The molecule has 0 radical (unpaired) electrons. The van der Waals surface area contributed by atoms with Gasteiger partial charge >= 0.3 is 5.97 Å². The topological polar surface area (TPSA) is 66.8 Å². The van der Waals surface area contributed by atoms with Crippen molar-refractivity contribution in [3.8, 4) is 11.5 Å². The van der Waals surface area contributed by atoms with E-state index in [2.05, 4.69) is 0 Å². The second-order valence-corrected chi connectivity index (χ2v) is 4.57. The third-order valence-corrected chi connectivity index (χ3v) is 2.67. The monoisotopic (exact) mass is 260 g/mol. The molecule has 0 fully saturated rings. The smallest absolute Gasteiger partial charge is 0.309 e. The Morgan fingerprint density at radius 2 is 2.00 bits per heavy atom. The molecular formula is C12H14F2O4. The van der Waals surface area contributed by atoms with Gasteiger partial charge in [-0.15, -0.1) is 0 Å². The summed E-state index contributed by atoms with van der Waals surface area (Å²) >= 11 is 0. The first-order chi connectivity index (χ1) is 8.20. The van der Waals surface area contributed by atoms with Crippen molar-refractivity contribution >= 4 is 5.97 Å². The molecule has 0 spiro atoms. The lowest BCUT2D eigenvalue weighted by atomic mass is 9.85. The van der Waals surface area contributed by atoms with Crippen LogP contribution in [0.25, 0.3) is 0 Å². The zero-order valence-electron chi connectivity index (χ0n) is 10.3. The van der Waals surface area contributed by atoms with Crippen LogP contribution in [0.1, 0.15) is 19.4 Å². The van der Waals surface area contributed by atoms with Gasteiger partial charge in [-0.1, -0.05) is 0 Å². The summed E-state index contributed by atoms with van der Waals surface area (Å²) in [7, 11) is 1.19. The minimum Gasteiger partial charge on any atom is -0.504 e. The second-order valence-electron chi connectivity index (χ2n) is 4.57. The minimum atomic E-state index is -1.34. The fraction of sp³-hybridized carbons (Fsp3) is 0.417. The quantitative estimate of drug-likeness (QED) is 0.872. The number of benzene rings is 1. The van der Waals surface area contributed by atoms with Crippen LogP contribution in [-0.2, 0) is 11.2 Å². The van der Waals surface area contributed by atoms with Crippen molar-refractivity contribution in [3.05, 3.63) is 23.3 Å². The maximum Gasteiger partial charge on any atom is 0.309 e. The highest BCUT2D eigenvalue weighted by atomic mass is 19.2. The molecule has 0 amide bonds. The number of halogens is 2. The van der Waals surface area contributed by atoms with Gasteiger partial charge in [-0.05, 0) is 20.3 Å². The zero-order valence-corrected chi connectivity index (χ0v) is 10.3. The van der Waals surface area contributed by atoms with Crippen LogP contribution in [-0.4, -0.2) is 23.3 Å². The standard InChI is InChI=1S/C12H14F2O4/c1-12(2,11(16)17)5-6-9(14)7(13)4-8(18-3)10(6)15/h4,15H,5H2,1-3H3,(H,16,17). The van der Waals surface area contributed by atoms with E-state index >= 15 is 0 Å². The predicted molar refractivity (Wildman–Crippen MR) is 59.7 cm³/mol. The van der Waals surface area contributed by atoms with Gasteiger partial charge in [0.15, 0.2) is 23.1 Å². The van der Waals surface area contributed by atoms with Crippen molar-refractivity contribution in [1.29, 1.82) is 0 Å². The van der Waals surface area contributed by atoms with E-state index in [0.29, 0.717) is 6.07 Å². The predicted octanol–water partition coefficient (Wildman–Crippen LogP) is 2.33. The Morgan fingerprint density at radius 3 is 2.44 bits per heavy atom. The molecule has 0 aromatic heterocycles. The van der Waals surface area contributed by atoms with E-state index in [4.69, 9.17) is 9.84 Å². The molecule has 0 saturated carbocycles. The highest BCUT2D eigenvalue weighted by Gasteiger charge is 2.32. The Balaban J connectivity index is 3.32. The van der Waals surface area contributed by atoms with Gasteiger partial charge in [0.25, 0.3) is 0 Å². The molecule has 0 aliphatic rings. The number of carboxylic acids is 1. The Morgan fingerprint density at radius 1 is 1.44 bits per heavy atom. The SMILES string of the molecule is COc1cc(F)c(F)c(CC(C)(C)C(=O)O)c1O. The number of rotatable bonds is 4. The molecule has 100 valence electrons. The third-order valence-electron chi connectivity index (χ3n) is 2.67. The summed E-state index contributed by atoms with van der Waals surface area (Å²) in [4.78, 5) is 11.0. The molecule has 1 rings (SSSR count). The molecule has 1 aromatic carbocycles. The first kappa shape index (κ1) is 14.2. The highest BCUT2D eigenvalue weighted by Crippen LogP contribution is 2.37. The van der Waals surface area contributed by atoms with Crippen LogP contribution < -0.4 is 4.74 Å². The van der Waals surface area contributed by atoms with Gasteiger partial charge in [-0.3, -0.25) is 4.79 Å². The lowest BCUT2D eigenvalue weighted by Crippen LogP contribution is -2.26. The van der Waals surface area contributed by atoms with Gasteiger partial charge in [-0.25, -0.2) is 8.78 Å². The molecule has 18 heavy (non-hydrogen) atoms. The van der Waals surface area contributed by atoms with Gasteiger partial charge in [0.2, 0.25) is 0 Å². The number of ether oxygens (including phenoxy) is 1. The van der Waals surface area contributed by atoms with Crippen LogP contribution in [0.2, 0.25) is 0 Å². The Kier molecular flexibility index (Phi) is 3.79. The van der Waals surface area contributed by atoms with E-state index in [0.717, 1.165) is 0 Å². The number of phenols is 1. The van der Waals surface area contributed by atoms with Gasteiger partial charge < -0.3 is 14.9 Å². The average molecular weight is 260 g/mol. The molecule has 0 heterocycles. The number of aliphatic carboxylic acids is 1. The number of carbonyl (C=O) groups is 1. The van der Waals surface area contributed by atoms with E-state index in [-0.39, 0.29) is 12.2 Å². The molecule has 2 N–H and O–H groups in total. The second kappa shape index (κ2) is 4.80. The number of hydrogen-bond acceptors (Lipinski definition) is 3. The molecule has 0 bridgehead atoms. The molecule has 6 heteroatoms. The molecule has 0 saturated heterocycles. The van der Waals surface area contributed by atoms with Crippen LogP contribution in [0.15, 0.2) is 6.07 Å². The summed E-state index contributed by atoms with van der Waals surface area (Å²) < 4.78 is 31.6. The van der Waals surface area contributed by atoms with E-state index in [1.807, 2.05) is 0 Å². The van der Waals surface area contributed by atoms with Crippen molar-refractivity contribution in [2.24, 2.45) is 5.41 Å². The molecule has 0 unspecified atom stereocenters.